The Morgan fingerprint density at radius 3 is 2.48 bits per heavy atom. The van der Waals surface area contributed by atoms with E-state index in [1.807, 2.05) is 31.2 Å². The molecule has 0 aliphatic heterocycles. The number of hydrogen-bond donors (Lipinski definition) is 1. The first kappa shape index (κ1) is 17.3. The maximum atomic E-state index is 12.8. The average molecular weight is 378 g/mol. The molecule has 0 heterocycles. The number of halogens is 2. The van der Waals surface area contributed by atoms with E-state index >= 15 is 0 Å². The number of carbonyl (C=O) groups is 2. The van der Waals surface area contributed by atoms with Crippen LogP contribution in [0.15, 0.2) is 53.0 Å². The summed E-state index contributed by atoms with van der Waals surface area (Å²) in [6.07, 6.45) is 0.206. The molecule has 0 aromatic heterocycles. The van der Waals surface area contributed by atoms with Gasteiger partial charge in [0.15, 0.2) is 5.78 Å². The van der Waals surface area contributed by atoms with E-state index in [0.717, 1.165) is 10.0 Å². The summed E-state index contributed by atoms with van der Waals surface area (Å²) in [7, 11) is 0. The number of ketones is 1. The molecule has 2 aromatic rings. The molecule has 1 atom stereocenters. The van der Waals surface area contributed by atoms with Crippen molar-refractivity contribution >= 4 is 27.6 Å². The third-order valence-corrected chi connectivity index (χ3v) is 3.96. The van der Waals surface area contributed by atoms with Crippen molar-refractivity contribution in [2.75, 3.05) is 0 Å². The van der Waals surface area contributed by atoms with Gasteiger partial charge >= 0.3 is 0 Å². The highest BCUT2D eigenvalue weighted by Crippen LogP contribution is 2.18. The Balaban J connectivity index is 1.85. The largest absolute Gasteiger partial charge is 0.350 e. The molecule has 0 spiro atoms. The van der Waals surface area contributed by atoms with Crippen LogP contribution in [0.4, 0.5) is 4.39 Å². The van der Waals surface area contributed by atoms with E-state index < -0.39 is 0 Å². The minimum Gasteiger partial charge on any atom is -0.350 e. The Morgan fingerprint density at radius 2 is 1.83 bits per heavy atom. The van der Waals surface area contributed by atoms with Crippen LogP contribution in [0.2, 0.25) is 0 Å². The summed E-state index contributed by atoms with van der Waals surface area (Å²) >= 11 is 3.39. The first-order valence-corrected chi connectivity index (χ1v) is 8.08. The molecule has 0 radical (unpaired) electrons. The molecule has 120 valence electrons. The van der Waals surface area contributed by atoms with E-state index in [1.54, 1.807) is 0 Å². The number of Topliss-reactive ketones (excluding diaryl/α,β-unsaturated/α-hetero) is 1. The van der Waals surface area contributed by atoms with Crippen molar-refractivity contribution in [2.24, 2.45) is 0 Å². The van der Waals surface area contributed by atoms with Crippen molar-refractivity contribution in [1.82, 2.24) is 5.32 Å². The quantitative estimate of drug-likeness (QED) is 0.756. The lowest BCUT2D eigenvalue weighted by Crippen LogP contribution is -2.26. The molecule has 0 saturated carbocycles. The number of hydrogen-bond acceptors (Lipinski definition) is 2. The highest BCUT2D eigenvalue weighted by atomic mass is 79.9. The Hall–Kier alpha value is -2.01. The topological polar surface area (TPSA) is 46.2 Å². The minimum atomic E-state index is -0.387. The van der Waals surface area contributed by atoms with E-state index in [9.17, 15) is 14.0 Å². The van der Waals surface area contributed by atoms with Crippen LogP contribution in [0.1, 0.15) is 41.7 Å². The van der Waals surface area contributed by atoms with Crippen LogP contribution in [0, 0.1) is 5.82 Å². The number of rotatable bonds is 6. The van der Waals surface area contributed by atoms with Crippen LogP contribution < -0.4 is 5.32 Å². The molecule has 0 bridgehead atoms. The van der Waals surface area contributed by atoms with Gasteiger partial charge in [0.2, 0.25) is 5.91 Å². The van der Waals surface area contributed by atoms with Crippen molar-refractivity contribution in [3.63, 3.8) is 0 Å². The van der Waals surface area contributed by atoms with Gasteiger partial charge in [-0.1, -0.05) is 28.1 Å². The smallest absolute Gasteiger partial charge is 0.220 e. The molecule has 0 fully saturated rings. The van der Waals surface area contributed by atoms with Gasteiger partial charge in [0.25, 0.3) is 0 Å². The second-order valence-corrected chi connectivity index (χ2v) is 6.19. The van der Waals surface area contributed by atoms with E-state index in [0.29, 0.717) is 5.56 Å². The summed E-state index contributed by atoms with van der Waals surface area (Å²) < 4.78 is 13.8. The molecule has 2 aromatic carbocycles. The van der Waals surface area contributed by atoms with E-state index in [1.165, 1.54) is 24.3 Å². The summed E-state index contributed by atoms with van der Waals surface area (Å²) in [5.41, 5.74) is 1.40. The zero-order valence-corrected chi connectivity index (χ0v) is 14.3. The summed E-state index contributed by atoms with van der Waals surface area (Å²) in [6.45, 7) is 1.89. The Kier molecular flexibility index (Phi) is 6.04. The fraction of sp³-hybridized carbons (Fsp3) is 0.222. The molecule has 0 saturated heterocycles. The van der Waals surface area contributed by atoms with Crippen LogP contribution in [0.5, 0.6) is 0 Å². The highest BCUT2D eigenvalue weighted by molar-refractivity contribution is 9.10. The highest BCUT2D eigenvalue weighted by Gasteiger charge is 2.12. The first-order chi connectivity index (χ1) is 11.0. The molecule has 23 heavy (non-hydrogen) atoms. The van der Waals surface area contributed by atoms with E-state index in [2.05, 4.69) is 21.2 Å². The summed E-state index contributed by atoms with van der Waals surface area (Å²) in [5, 5.41) is 2.87. The standard InChI is InChI=1S/C18H17BrFNO2/c1-12(14-3-2-4-15(19)11-14)21-18(23)10-9-17(22)13-5-7-16(20)8-6-13/h2-8,11-12H,9-10H2,1H3,(H,21,23). The van der Waals surface area contributed by atoms with Crippen LogP contribution in [0.3, 0.4) is 0 Å². The minimum absolute atomic E-state index is 0.0999. The fourth-order valence-corrected chi connectivity index (χ4v) is 2.60. The molecule has 1 N–H and O–H groups in total. The lowest BCUT2D eigenvalue weighted by molar-refractivity contribution is -0.121. The molecule has 3 nitrogen and oxygen atoms in total. The third-order valence-electron chi connectivity index (χ3n) is 3.47. The monoisotopic (exact) mass is 377 g/mol. The van der Waals surface area contributed by atoms with Crippen molar-refractivity contribution in [3.05, 3.63) is 69.9 Å². The summed E-state index contributed by atoms with van der Waals surface area (Å²) in [5.74, 6) is -0.745. The first-order valence-electron chi connectivity index (χ1n) is 7.29. The number of nitrogens with one attached hydrogen (secondary N) is 1. The fourth-order valence-electron chi connectivity index (χ4n) is 2.18. The zero-order valence-electron chi connectivity index (χ0n) is 12.7. The predicted molar refractivity (Wildman–Crippen MR) is 90.7 cm³/mol. The number of benzene rings is 2. The van der Waals surface area contributed by atoms with E-state index in [4.69, 9.17) is 0 Å². The van der Waals surface area contributed by atoms with Gasteiger partial charge in [-0.25, -0.2) is 4.39 Å². The van der Waals surface area contributed by atoms with E-state index in [-0.39, 0.29) is 36.4 Å². The lowest BCUT2D eigenvalue weighted by atomic mass is 10.1. The molecule has 5 heteroatoms. The van der Waals surface area contributed by atoms with Gasteiger partial charge in [0.05, 0.1) is 6.04 Å². The van der Waals surface area contributed by atoms with Crippen LogP contribution in [-0.2, 0) is 4.79 Å². The van der Waals surface area contributed by atoms with Crippen molar-refractivity contribution in [3.8, 4) is 0 Å². The Morgan fingerprint density at radius 1 is 1.13 bits per heavy atom. The normalized spacial score (nSPS) is 11.8. The summed E-state index contributed by atoms with van der Waals surface area (Å²) in [4.78, 5) is 23.9. The molecule has 0 aliphatic rings. The van der Waals surface area contributed by atoms with Gasteiger partial charge in [-0.15, -0.1) is 0 Å². The van der Waals surface area contributed by atoms with Gasteiger partial charge in [0.1, 0.15) is 5.82 Å². The Bertz CT molecular complexity index is 700. The van der Waals surface area contributed by atoms with Gasteiger partial charge in [0, 0.05) is 22.9 Å². The van der Waals surface area contributed by atoms with Crippen molar-refractivity contribution < 1.29 is 14.0 Å². The second-order valence-electron chi connectivity index (χ2n) is 5.27. The molecule has 0 aliphatic carbocycles. The van der Waals surface area contributed by atoms with Gasteiger partial charge in [-0.2, -0.15) is 0 Å². The zero-order chi connectivity index (χ0) is 16.8. The van der Waals surface area contributed by atoms with Crippen LogP contribution in [-0.4, -0.2) is 11.7 Å². The van der Waals surface area contributed by atoms with Crippen LogP contribution >= 0.6 is 15.9 Å². The molecular weight excluding hydrogens is 361 g/mol. The number of amides is 1. The van der Waals surface area contributed by atoms with Crippen LogP contribution in [0.25, 0.3) is 0 Å². The number of carbonyl (C=O) groups excluding carboxylic acids is 2. The maximum Gasteiger partial charge on any atom is 0.220 e. The van der Waals surface area contributed by atoms with Gasteiger partial charge in [-0.3, -0.25) is 9.59 Å². The molecule has 2 rings (SSSR count). The maximum absolute atomic E-state index is 12.8. The van der Waals surface area contributed by atoms with Crippen molar-refractivity contribution in [1.29, 1.82) is 0 Å². The third kappa shape index (κ3) is 5.28. The van der Waals surface area contributed by atoms with Gasteiger partial charge in [-0.05, 0) is 48.9 Å². The molecular formula is C18H17BrFNO2. The van der Waals surface area contributed by atoms with Crippen molar-refractivity contribution in [2.45, 2.75) is 25.8 Å². The second kappa shape index (κ2) is 8.02. The average Bonchev–Trinajstić information content (AvgIpc) is 2.53. The lowest BCUT2D eigenvalue weighted by Gasteiger charge is -2.14. The Labute approximate surface area is 143 Å². The summed E-state index contributed by atoms with van der Waals surface area (Å²) in [6, 6.07) is 12.9. The predicted octanol–water partition coefficient (Wildman–Crippen LogP) is 4.43. The molecule has 1 unspecified atom stereocenters. The SMILES string of the molecule is CC(NC(=O)CCC(=O)c1ccc(F)cc1)c1cccc(Br)c1. The van der Waals surface area contributed by atoms with Gasteiger partial charge < -0.3 is 5.32 Å². The molecule has 1 amide bonds.